The van der Waals surface area contributed by atoms with Gasteiger partial charge in [-0.1, -0.05) is 35.5 Å². The molecule has 4 rings (SSSR count). The lowest BCUT2D eigenvalue weighted by Gasteiger charge is -2.19. The lowest BCUT2D eigenvalue weighted by atomic mass is 9.92. The van der Waals surface area contributed by atoms with Crippen LogP contribution in [0.3, 0.4) is 0 Å². The van der Waals surface area contributed by atoms with E-state index in [4.69, 9.17) is 4.52 Å². The van der Waals surface area contributed by atoms with Crippen LogP contribution in [0.2, 0.25) is 0 Å². The fourth-order valence-corrected chi connectivity index (χ4v) is 3.70. The molecule has 1 N–H and O–H groups in total. The molecule has 1 amide bonds. The molecule has 23 heavy (non-hydrogen) atoms. The molecule has 5 nitrogen and oxygen atoms in total. The van der Waals surface area contributed by atoms with E-state index in [-0.39, 0.29) is 5.91 Å². The predicted octanol–water partition coefficient (Wildman–Crippen LogP) is 2.41. The summed E-state index contributed by atoms with van der Waals surface area (Å²) < 4.78 is 5.36. The second-order valence-corrected chi connectivity index (χ2v) is 6.49. The first-order valence-electron chi connectivity index (χ1n) is 8.33. The molecule has 3 heterocycles. The van der Waals surface area contributed by atoms with Gasteiger partial charge in [-0.05, 0) is 37.8 Å². The second kappa shape index (κ2) is 6.16. The fraction of sp³-hybridized carbons (Fsp3) is 0.444. The highest BCUT2D eigenvalue weighted by Gasteiger charge is 2.32. The molecule has 0 saturated carbocycles. The maximum absolute atomic E-state index is 12.7. The van der Waals surface area contributed by atoms with Gasteiger partial charge in [0.15, 0.2) is 11.5 Å². The van der Waals surface area contributed by atoms with Gasteiger partial charge in [-0.15, -0.1) is 0 Å². The molecule has 2 saturated heterocycles. The average molecular weight is 311 g/mol. The van der Waals surface area contributed by atoms with Crippen molar-refractivity contribution in [3.8, 4) is 11.3 Å². The summed E-state index contributed by atoms with van der Waals surface area (Å²) in [4.78, 5) is 14.6. The van der Waals surface area contributed by atoms with Crippen LogP contribution in [0.15, 0.2) is 40.9 Å². The zero-order valence-electron chi connectivity index (χ0n) is 13.1. The average Bonchev–Trinajstić information content (AvgIpc) is 3.21. The normalized spacial score (nSPS) is 24.3. The van der Waals surface area contributed by atoms with Gasteiger partial charge in [0, 0.05) is 24.7 Å². The van der Waals surface area contributed by atoms with Crippen LogP contribution in [0, 0.1) is 11.8 Å². The second-order valence-electron chi connectivity index (χ2n) is 6.49. The first kappa shape index (κ1) is 14.5. The number of amides is 1. The van der Waals surface area contributed by atoms with Gasteiger partial charge < -0.3 is 14.7 Å². The van der Waals surface area contributed by atoms with E-state index in [0.717, 1.165) is 44.6 Å². The molecule has 5 heteroatoms. The smallest absolute Gasteiger partial charge is 0.276 e. The Morgan fingerprint density at radius 3 is 2.52 bits per heavy atom. The number of fused-ring (bicyclic) bond motifs is 1. The van der Waals surface area contributed by atoms with Crippen LogP contribution in [-0.4, -0.2) is 42.1 Å². The van der Waals surface area contributed by atoms with Crippen molar-refractivity contribution in [1.82, 2.24) is 15.4 Å². The van der Waals surface area contributed by atoms with Crippen molar-refractivity contribution in [3.63, 3.8) is 0 Å². The van der Waals surface area contributed by atoms with Crippen LogP contribution >= 0.6 is 0 Å². The third kappa shape index (κ3) is 2.88. The van der Waals surface area contributed by atoms with Gasteiger partial charge in [0.2, 0.25) is 0 Å². The molecular formula is C18H21N3O2. The molecule has 2 atom stereocenters. The summed E-state index contributed by atoms with van der Waals surface area (Å²) in [5.41, 5.74) is 1.35. The largest absolute Gasteiger partial charge is 0.355 e. The molecule has 0 aliphatic carbocycles. The first-order valence-corrected chi connectivity index (χ1v) is 8.33. The molecule has 1 aromatic heterocycles. The summed E-state index contributed by atoms with van der Waals surface area (Å²) in [6.07, 6.45) is 2.15. The van der Waals surface area contributed by atoms with Crippen molar-refractivity contribution in [2.75, 3.05) is 26.2 Å². The number of carbonyl (C=O) groups is 1. The third-order valence-corrected chi connectivity index (χ3v) is 5.09. The molecule has 2 aliphatic rings. The molecule has 0 spiro atoms. The van der Waals surface area contributed by atoms with E-state index in [1.807, 2.05) is 35.2 Å². The molecule has 0 bridgehead atoms. The van der Waals surface area contributed by atoms with E-state index >= 15 is 0 Å². The molecule has 2 aromatic rings. The lowest BCUT2D eigenvalue weighted by Crippen LogP contribution is -2.32. The van der Waals surface area contributed by atoms with Crippen molar-refractivity contribution >= 4 is 5.91 Å². The van der Waals surface area contributed by atoms with Gasteiger partial charge in [-0.2, -0.15) is 0 Å². The van der Waals surface area contributed by atoms with Crippen molar-refractivity contribution in [2.45, 2.75) is 12.8 Å². The summed E-state index contributed by atoms with van der Waals surface area (Å²) in [6.45, 7) is 3.81. The van der Waals surface area contributed by atoms with Gasteiger partial charge in [0.1, 0.15) is 0 Å². The minimum Gasteiger partial charge on any atom is -0.355 e. The molecule has 2 aliphatic heterocycles. The Morgan fingerprint density at radius 2 is 1.83 bits per heavy atom. The number of carbonyl (C=O) groups excluding carboxylic acids is 1. The summed E-state index contributed by atoms with van der Waals surface area (Å²) in [5.74, 6) is 2.06. The fourth-order valence-electron chi connectivity index (χ4n) is 3.70. The SMILES string of the molecule is O=C(c1cc(-c2ccccc2)on1)N1CC[C@@H]2CNC[C@@H]2CC1. The van der Waals surface area contributed by atoms with Gasteiger partial charge in [-0.3, -0.25) is 4.79 Å². The van der Waals surface area contributed by atoms with E-state index < -0.39 is 0 Å². The topological polar surface area (TPSA) is 58.4 Å². The Labute approximate surface area is 135 Å². The minimum absolute atomic E-state index is 0.0103. The maximum atomic E-state index is 12.7. The van der Waals surface area contributed by atoms with Crippen molar-refractivity contribution in [1.29, 1.82) is 0 Å². The third-order valence-electron chi connectivity index (χ3n) is 5.09. The van der Waals surface area contributed by atoms with E-state index in [1.54, 1.807) is 6.07 Å². The first-order chi connectivity index (χ1) is 11.3. The summed E-state index contributed by atoms with van der Waals surface area (Å²) in [5, 5.41) is 7.45. The Hall–Kier alpha value is -2.14. The van der Waals surface area contributed by atoms with Gasteiger partial charge in [-0.25, -0.2) is 0 Å². The Bertz CT molecular complexity index is 669. The number of likely N-dealkylation sites (tertiary alicyclic amines) is 1. The van der Waals surface area contributed by atoms with Crippen LogP contribution in [-0.2, 0) is 0 Å². The van der Waals surface area contributed by atoms with E-state index in [9.17, 15) is 4.79 Å². The highest BCUT2D eigenvalue weighted by Crippen LogP contribution is 2.28. The van der Waals surface area contributed by atoms with E-state index in [0.29, 0.717) is 23.3 Å². The number of nitrogens with zero attached hydrogens (tertiary/aromatic N) is 2. The number of hydrogen-bond donors (Lipinski definition) is 1. The standard InChI is InChI=1S/C18H21N3O2/c22-18(21-8-6-14-11-19-12-15(14)7-9-21)16-10-17(23-20-16)13-4-2-1-3-5-13/h1-5,10,14-15,19H,6-9,11-12H2/t14-,15+. The van der Waals surface area contributed by atoms with E-state index in [2.05, 4.69) is 10.5 Å². The van der Waals surface area contributed by atoms with Crippen molar-refractivity contribution < 1.29 is 9.32 Å². The Balaban J connectivity index is 1.48. The number of rotatable bonds is 2. The Kier molecular flexibility index (Phi) is 3.87. The predicted molar refractivity (Wildman–Crippen MR) is 86.9 cm³/mol. The monoisotopic (exact) mass is 311 g/mol. The lowest BCUT2D eigenvalue weighted by molar-refractivity contribution is 0.0748. The van der Waals surface area contributed by atoms with Gasteiger partial charge in [0.25, 0.3) is 5.91 Å². The van der Waals surface area contributed by atoms with Crippen molar-refractivity contribution in [2.24, 2.45) is 11.8 Å². The number of hydrogen-bond acceptors (Lipinski definition) is 4. The maximum Gasteiger partial charge on any atom is 0.276 e. The summed E-state index contributed by atoms with van der Waals surface area (Å²) in [6, 6.07) is 11.5. The summed E-state index contributed by atoms with van der Waals surface area (Å²) >= 11 is 0. The molecule has 120 valence electrons. The minimum atomic E-state index is -0.0103. The van der Waals surface area contributed by atoms with Crippen LogP contribution < -0.4 is 5.32 Å². The van der Waals surface area contributed by atoms with Crippen LogP contribution in [0.4, 0.5) is 0 Å². The van der Waals surface area contributed by atoms with Crippen molar-refractivity contribution in [3.05, 3.63) is 42.1 Å². The molecule has 0 unspecified atom stereocenters. The molecule has 1 aromatic carbocycles. The highest BCUT2D eigenvalue weighted by atomic mass is 16.5. The number of aromatic nitrogens is 1. The van der Waals surface area contributed by atoms with Gasteiger partial charge >= 0.3 is 0 Å². The van der Waals surface area contributed by atoms with E-state index in [1.165, 1.54) is 0 Å². The quantitative estimate of drug-likeness (QED) is 0.925. The number of nitrogens with one attached hydrogen (secondary N) is 1. The molecular weight excluding hydrogens is 290 g/mol. The zero-order chi connectivity index (χ0) is 15.6. The van der Waals surface area contributed by atoms with Crippen LogP contribution in [0.5, 0.6) is 0 Å². The number of benzene rings is 1. The van der Waals surface area contributed by atoms with Crippen LogP contribution in [0.1, 0.15) is 23.3 Å². The van der Waals surface area contributed by atoms with Gasteiger partial charge in [0.05, 0.1) is 0 Å². The Morgan fingerprint density at radius 1 is 1.13 bits per heavy atom. The zero-order valence-corrected chi connectivity index (χ0v) is 13.1. The molecule has 2 fully saturated rings. The van der Waals surface area contributed by atoms with Crippen LogP contribution in [0.25, 0.3) is 11.3 Å². The summed E-state index contributed by atoms with van der Waals surface area (Å²) in [7, 11) is 0. The molecule has 0 radical (unpaired) electrons. The highest BCUT2D eigenvalue weighted by molar-refractivity contribution is 5.93.